The number of para-hydroxylation sites is 2. The van der Waals surface area contributed by atoms with Crippen LogP contribution >= 0.6 is 0 Å². The highest BCUT2D eigenvalue weighted by Crippen LogP contribution is 2.31. The third-order valence-corrected chi connectivity index (χ3v) is 3.35. The van der Waals surface area contributed by atoms with Gasteiger partial charge in [0.2, 0.25) is 0 Å². The second-order valence-electron chi connectivity index (χ2n) is 4.61. The molecule has 0 aliphatic carbocycles. The van der Waals surface area contributed by atoms with Gasteiger partial charge in [-0.1, -0.05) is 36.4 Å². The maximum absolute atomic E-state index is 12.5. The van der Waals surface area contributed by atoms with E-state index in [2.05, 4.69) is 4.74 Å². The number of anilines is 1. The molecule has 0 saturated carbocycles. The van der Waals surface area contributed by atoms with Crippen LogP contribution in [0.1, 0.15) is 11.6 Å². The number of likely N-dealkylation sites (N-methyl/N-ethyl adjacent to an activating group) is 1. The summed E-state index contributed by atoms with van der Waals surface area (Å²) >= 11 is 0. The molecule has 1 atom stereocenters. The van der Waals surface area contributed by atoms with Crippen molar-refractivity contribution in [2.75, 3.05) is 18.5 Å². The van der Waals surface area contributed by atoms with Crippen molar-refractivity contribution in [3.8, 4) is 5.75 Å². The zero-order valence-corrected chi connectivity index (χ0v) is 11.7. The zero-order valence-electron chi connectivity index (χ0n) is 11.7. The molecule has 0 fully saturated rings. The van der Waals surface area contributed by atoms with E-state index in [0.29, 0.717) is 5.56 Å². The number of benzene rings is 2. The Morgan fingerprint density at radius 3 is 2.29 bits per heavy atom. The SMILES string of the molecule is CN(c1ccccc1)C(CN)c1ccccc1OC(F)F. The summed E-state index contributed by atoms with van der Waals surface area (Å²) in [6.07, 6.45) is 0. The highest BCUT2D eigenvalue weighted by molar-refractivity contribution is 5.50. The Balaban J connectivity index is 2.33. The third-order valence-electron chi connectivity index (χ3n) is 3.35. The van der Waals surface area contributed by atoms with Crippen LogP contribution in [0.2, 0.25) is 0 Å². The molecule has 21 heavy (non-hydrogen) atoms. The third kappa shape index (κ3) is 3.70. The molecule has 0 amide bonds. The fourth-order valence-electron chi connectivity index (χ4n) is 2.30. The van der Waals surface area contributed by atoms with Crippen molar-refractivity contribution in [2.24, 2.45) is 5.73 Å². The summed E-state index contributed by atoms with van der Waals surface area (Å²) in [7, 11) is 1.88. The van der Waals surface area contributed by atoms with Crippen molar-refractivity contribution < 1.29 is 13.5 Å². The summed E-state index contributed by atoms with van der Waals surface area (Å²) in [5.41, 5.74) is 7.46. The molecule has 0 saturated heterocycles. The Morgan fingerprint density at radius 2 is 1.67 bits per heavy atom. The Morgan fingerprint density at radius 1 is 1.05 bits per heavy atom. The van der Waals surface area contributed by atoms with Gasteiger partial charge in [-0.05, 0) is 18.2 Å². The molecule has 0 radical (unpaired) electrons. The first-order valence-electron chi connectivity index (χ1n) is 6.65. The van der Waals surface area contributed by atoms with Crippen LogP contribution in [0.4, 0.5) is 14.5 Å². The van der Waals surface area contributed by atoms with Crippen LogP contribution in [0.15, 0.2) is 54.6 Å². The van der Waals surface area contributed by atoms with E-state index in [9.17, 15) is 8.78 Å². The van der Waals surface area contributed by atoms with Crippen molar-refractivity contribution in [3.05, 3.63) is 60.2 Å². The summed E-state index contributed by atoms with van der Waals surface area (Å²) in [5.74, 6) is 0.158. The average Bonchev–Trinajstić information content (AvgIpc) is 2.50. The van der Waals surface area contributed by atoms with E-state index < -0.39 is 6.61 Å². The Labute approximate surface area is 122 Å². The summed E-state index contributed by atoms with van der Waals surface area (Å²) in [5, 5.41) is 0. The van der Waals surface area contributed by atoms with Crippen molar-refractivity contribution >= 4 is 5.69 Å². The lowest BCUT2D eigenvalue weighted by Gasteiger charge is -2.30. The van der Waals surface area contributed by atoms with Crippen molar-refractivity contribution in [1.82, 2.24) is 0 Å². The minimum Gasteiger partial charge on any atom is -0.434 e. The van der Waals surface area contributed by atoms with E-state index in [-0.39, 0.29) is 18.3 Å². The predicted octanol–water partition coefficient (Wildman–Crippen LogP) is 3.42. The van der Waals surface area contributed by atoms with Crippen LogP contribution in [0.3, 0.4) is 0 Å². The second kappa shape index (κ2) is 7.04. The first kappa shape index (κ1) is 15.3. The minimum absolute atomic E-state index is 0.158. The number of halogens is 2. The Hall–Kier alpha value is -2.14. The standard InChI is InChI=1S/C16H18F2N2O/c1-20(12-7-3-2-4-8-12)14(11-19)13-9-5-6-10-15(13)21-16(17)18/h2-10,14,16H,11,19H2,1H3. The summed E-state index contributed by atoms with van der Waals surface area (Å²) in [6.45, 7) is -2.57. The van der Waals surface area contributed by atoms with Gasteiger partial charge in [0, 0.05) is 24.8 Å². The van der Waals surface area contributed by atoms with Crippen LogP contribution in [-0.4, -0.2) is 20.2 Å². The maximum atomic E-state index is 12.5. The van der Waals surface area contributed by atoms with Gasteiger partial charge < -0.3 is 15.4 Å². The topological polar surface area (TPSA) is 38.5 Å². The molecule has 112 valence electrons. The lowest BCUT2D eigenvalue weighted by molar-refractivity contribution is -0.0506. The van der Waals surface area contributed by atoms with Crippen LogP contribution in [0.25, 0.3) is 0 Å². The van der Waals surface area contributed by atoms with Gasteiger partial charge in [-0.15, -0.1) is 0 Å². The number of rotatable bonds is 6. The molecular weight excluding hydrogens is 274 g/mol. The van der Waals surface area contributed by atoms with Gasteiger partial charge in [-0.25, -0.2) is 0 Å². The van der Waals surface area contributed by atoms with E-state index in [1.54, 1.807) is 18.2 Å². The number of ether oxygens (including phenoxy) is 1. The molecule has 2 N–H and O–H groups in total. The van der Waals surface area contributed by atoms with Crippen LogP contribution in [0.5, 0.6) is 5.75 Å². The zero-order chi connectivity index (χ0) is 15.2. The minimum atomic E-state index is -2.85. The number of nitrogens with two attached hydrogens (primary N) is 1. The highest BCUT2D eigenvalue weighted by atomic mass is 19.3. The summed E-state index contributed by atoms with van der Waals surface area (Å²) in [6, 6.07) is 16.1. The van der Waals surface area contributed by atoms with Gasteiger partial charge in [0.1, 0.15) is 5.75 Å². The molecule has 3 nitrogen and oxygen atoms in total. The summed E-state index contributed by atoms with van der Waals surface area (Å²) in [4.78, 5) is 1.95. The Kier molecular flexibility index (Phi) is 5.11. The van der Waals surface area contributed by atoms with Gasteiger partial charge in [-0.2, -0.15) is 8.78 Å². The van der Waals surface area contributed by atoms with Gasteiger partial charge in [0.25, 0.3) is 0 Å². The molecule has 2 aromatic rings. The molecule has 0 aromatic heterocycles. The monoisotopic (exact) mass is 292 g/mol. The van der Waals surface area contributed by atoms with Crippen LogP contribution in [-0.2, 0) is 0 Å². The highest BCUT2D eigenvalue weighted by Gasteiger charge is 2.21. The average molecular weight is 292 g/mol. The molecule has 0 aliphatic heterocycles. The molecule has 0 bridgehead atoms. The lowest BCUT2D eigenvalue weighted by atomic mass is 10.0. The van der Waals surface area contributed by atoms with Gasteiger partial charge in [-0.3, -0.25) is 0 Å². The van der Waals surface area contributed by atoms with Gasteiger partial charge >= 0.3 is 6.61 Å². The smallest absolute Gasteiger partial charge is 0.387 e. The molecule has 5 heteroatoms. The van der Waals surface area contributed by atoms with Gasteiger partial charge in [0.15, 0.2) is 0 Å². The molecule has 0 spiro atoms. The number of hydrogen-bond donors (Lipinski definition) is 1. The van der Waals surface area contributed by atoms with Gasteiger partial charge in [0.05, 0.1) is 6.04 Å². The first-order valence-corrected chi connectivity index (χ1v) is 6.65. The van der Waals surface area contributed by atoms with Crippen molar-refractivity contribution in [3.63, 3.8) is 0 Å². The van der Waals surface area contributed by atoms with E-state index in [1.165, 1.54) is 6.07 Å². The van der Waals surface area contributed by atoms with Crippen LogP contribution in [0, 0.1) is 0 Å². The Bertz CT molecular complexity index is 563. The van der Waals surface area contributed by atoms with E-state index >= 15 is 0 Å². The maximum Gasteiger partial charge on any atom is 0.387 e. The molecule has 2 rings (SSSR count). The summed E-state index contributed by atoms with van der Waals surface area (Å²) < 4.78 is 29.6. The largest absolute Gasteiger partial charge is 0.434 e. The number of hydrogen-bond acceptors (Lipinski definition) is 3. The van der Waals surface area contributed by atoms with E-state index in [1.807, 2.05) is 42.3 Å². The normalized spacial score (nSPS) is 12.2. The quantitative estimate of drug-likeness (QED) is 0.886. The lowest BCUT2D eigenvalue weighted by Crippen LogP contribution is -2.31. The first-order chi connectivity index (χ1) is 10.1. The fraction of sp³-hybridized carbons (Fsp3) is 0.250. The second-order valence-corrected chi connectivity index (χ2v) is 4.61. The number of nitrogens with zero attached hydrogens (tertiary/aromatic N) is 1. The fourth-order valence-corrected chi connectivity index (χ4v) is 2.30. The molecular formula is C16H18F2N2O. The van der Waals surface area contributed by atoms with Crippen molar-refractivity contribution in [1.29, 1.82) is 0 Å². The van der Waals surface area contributed by atoms with Crippen LogP contribution < -0.4 is 15.4 Å². The molecule has 2 aromatic carbocycles. The van der Waals surface area contributed by atoms with E-state index in [0.717, 1.165) is 5.69 Å². The number of alkyl halides is 2. The predicted molar refractivity (Wildman–Crippen MR) is 79.7 cm³/mol. The molecule has 0 heterocycles. The molecule has 1 unspecified atom stereocenters. The van der Waals surface area contributed by atoms with E-state index in [4.69, 9.17) is 5.73 Å². The molecule has 0 aliphatic rings. The van der Waals surface area contributed by atoms with Crippen molar-refractivity contribution in [2.45, 2.75) is 12.7 Å².